The number of rotatable bonds is 9. The average molecular weight is 493 g/mol. The van der Waals surface area contributed by atoms with Gasteiger partial charge in [0, 0.05) is 27.0 Å². The smallest absolute Gasteiger partial charge is 0.240 e. The predicted molar refractivity (Wildman–Crippen MR) is 135 cm³/mol. The number of amides is 3. The summed E-state index contributed by atoms with van der Waals surface area (Å²) in [4.78, 5) is 50.7. The number of likely N-dealkylation sites (tertiary alicyclic amines) is 1. The number of aromatic amines is 1. The van der Waals surface area contributed by atoms with Crippen LogP contribution in [0.2, 0.25) is 0 Å². The molecule has 1 aliphatic rings. The summed E-state index contributed by atoms with van der Waals surface area (Å²) < 4.78 is 10.4. The molecule has 0 spiro atoms. The van der Waals surface area contributed by atoms with Crippen LogP contribution in [-0.4, -0.2) is 71.9 Å². The van der Waals surface area contributed by atoms with E-state index in [9.17, 15) is 14.4 Å². The Morgan fingerprint density at radius 2 is 1.92 bits per heavy atom. The van der Waals surface area contributed by atoms with Crippen LogP contribution in [0.5, 0.6) is 5.75 Å². The molecular weight excluding hydrogens is 460 g/mol. The van der Waals surface area contributed by atoms with E-state index in [2.05, 4.69) is 9.97 Å². The lowest BCUT2D eigenvalue weighted by molar-refractivity contribution is -0.143. The molecule has 1 atom stereocenters. The van der Waals surface area contributed by atoms with Crippen molar-refractivity contribution >= 4 is 28.8 Å². The van der Waals surface area contributed by atoms with Gasteiger partial charge < -0.3 is 19.4 Å². The highest BCUT2D eigenvalue weighted by Crippen LogP contribution is 2.41. The van der Waals surface area contributed by atoms with Crippen molar-refractivity contribution in [2.45, 2.75) is 38.6 Å². The van der Waals surface area contributed by atoms with Crippen LogP contribution in [0, 0.1) is 13.8 Å². The molecule has 2 aromatic carbocycles. The molecule has 36 heavy (non-hydrogen) atoms. The van der Waals surface area contributed by atoms with E-state index in [-0.39, 0.29) is 44.4 Å². The number of methoxy groups -OCH3 is 2. The van der Waals surface area contributed by atoms with Crippen molar-refractivity contribution in [3.05, 3.63) is 58.9 Å². The van der Waals surface area contributed by atoms with Crippen LogP contribution in [0.1, 0.15) is 35.4 Å². The number of carbonyl (C=O) groups excluding carboxylic acids is 3. The zero-order valence-corrected chi connectivity index (χ0v) is 21.4. The topological polar surface area (TPSA) is 105 Å². The van der Waals surface area contributed by atoms with Gasteiger partial charge in [-0.1, -0.05) is 12.1 Å². The van der Waals surface area contributed by atoms with Crippen LogP contribution in [-0.2, 0) is 31.1 Å². The zero-order chi connectivity index (χ0) is 26.0. The second kappa shape index (κ2) is 10.1. The minimum Gasteiger partial charge on any atom is -0.497 e. The van der Waals surface area contributed by atoms with Crippen LogP contribution in [0.4, 0.5) is 0 Å². The Morgan fingerprint density at radius 1 is 1.17 bits per heavy atom. The molecule has 0 saturated carbocycles. The van der Waals surface area contributed by atoms with Crippen molar-refractivity contribution in [3.63, 3.8) is 0 Å². The summed E-state index contributed by atoms with van der Waals surface area (Å²) >= 11 is 0. The summed E-state index contributed by atoms with van der Waals surface area (Å²) in [5.41, 5.74) is 3.32. The van der Waals surface area contributed by atoms with E-state index >= 15 is 0 Å². The molecule has 0 bridgehead atoms. The molecule has 9 heteroatoms. The normalized spacial score (nSPS) is 17.8. The van der Waals surface area contributed by atoms with E-state index in [1.165, 1.54) is 24.0 Å². The van der Waals surface area contributed by atoms with Crippen molar-refractivity contribution in [2.24, 2.45) is 0 Å². The lowest BCUT2D eigenvalue weighted by Gasteiger charge is -2.29. The molecule has 3 amide bonds. The van der Waals surface area contributed by atoms with Gasteiger partial charge >= 0.3 is 0 Å². The molecule has 190 valence electrons. The highest BCUT2D eigenvalue weighted by atomic mass is 16.5. The lowest BCUT2D eigenvalue weighted by Crippen LogP contribution is -2.43. The molecule has 0 unspecified atom stereocenters. The van der Waals surface area contributed by atoms with Crippen molar-refractivity contribution in [3.8, 4) is 5.75 Å². The molecule has 3 aromatic rings. The van der Waals surface area contributed by atoms with Gasteiger partial charge in [0.2, 0.25) is 17.7 Å². The van der Waals surface area contributed by atoms with Crippen LogP contribution in [0.25, 0.3) is 11.0 Å². The van der Waals surface area contributed by atoms with Crippen molar-refractivity contribution in [2.75, 3.05) is 34.4 Å². The highest BCUT2D eigenvalue weighted by Gasteiger charge is 2.54. The molecule has 4 rings (SSSR count). The Kier molecular flexibility index (Phi) is 7.12. The van der Waals surface area contributed by atoms with Gasteiger partial charge in [0.1, 0.15) is 11.6 Å². The van der Waals surface area contributed by atoms with Crippen molar-refractivity contribution < 1.29 is 23.9 Å². The molecule has 0 aliphatic carbocycles. The molecule has 1 fully saturated rings. The molecule has 2 heterocycles. The van der Waals surface area contributed by atoms with Gasteiger partial charge in [0.05, 0.1) is 43.3 Å². The maximum Gasteiger partial charge on any atom is 0.240 e. The first kappa shape index (κ1) is 25.4. The van der Waals surface area contributed by atoms with E-state index in [1.54, 1.807) is 31.3 Å². The third-order valence-corrected chi connectivity index (χ3v) is 6.96. The number of fused-ring (bicyclic) bond motifs is 1. The minimum absolute atomic E-state index is 0.0918. The van der Waals surface area contributed by atoms with Gasteiger partial charge in [-0.05, 0) is 54.8 Å². The number of nitrogens with zero attached hydrogens (tertiary/aromatic N) is 3. The number of aromatic nitrogens is 2. The number of carbonyl (C=O) groups is 3. The molecule has 1 N–H and O–H groups in total. The van der Waals surface area contributed by atoms with E-state index in [0.717, 1.165) is 22.2 Å². The summed E-state index contributed by atoms with van der Waals surface area (Å²) in [6, 6.07) is 11.1. The van der Waals surface area contributed by atoms with Gasteiger partial charge in [-0.15, -0.1) is 0 Å². The number of aryl methyl sites for hydroxylation is 2. The Hall–Kier alpha value is -3.72. The molecule has 1 saturated heterocycles. The van der Waals surface area contributed by atoms with Crippen molar-refractivity contribution in [1.29, 1.82) is 0 Å². The summed E-state index contributed by atoms with van der Waals surface area (Å²) in [5.74, 6) is 0.223. The third-order valence-electron chi connectivity index (χ3n) is 6.96. The molecule has 1 aromatic heterocycles. The SMILES string of the molecule is COCCN1C(=O)C[C@](CC(=O)N(C)Cc2nc3cc(C)c(C)cc3[nH]2)(c2cccc(OC)c2)C1=O. The van der Waals surface area contributed by atoms with Gasteiger partial charge in [-0.25, -0.2) is 4.98 Å². The molecular formula is C27H32N4O5. The summed E-state index contributed by atoms with van der Waals surface area (Å²) in [6.07, 6.45) is -0.241. The zero-order valence-electron chi connectivity index (χ0n) is 21.4. The number of benzene rings is 2. The second-order valence-corrected chi connectivity index (χ2v) is 9.40. The van der Waals surface area contributed by atoms with Crippen LogP contribution in [0.15, 0.2) is 36.4 Å². The number of hydrogen-bond acceptors (Lipinski definition) is 6. The number of hydrogen-bond donors (Lipinski definition) is 1. The number of H-pyrrole nitrogens is 1. The minimum atomic E-state index is -1.31. The molecule has 9 nitrogen and oxygen atoms in total. The number of nitrogens with one attached hydrogen (secondary N) is 1. The van der Waals surface area contributed by atoms with Gasteiger partial charge in [0.25, 0.3) is 0 Å². The first-order valence-corrected chi connectivity index (χ1v) is 11.9. The second-order valence-electron chi connectivity index (χ2n) is 9.40. The first-order chi connectivity index (χ1) is 17.2. The maximum absolute atomic E-state index is 13.7. The fourth-order valence-corrected chi connectivity index (χ4v) is 4.70. The van der Waals surface area contributed by atoms with Crippen LogP contribution in [0.3, 0.4) is 0 Å². The van der Waals surface area contributed by atoms with E-state index in [0.29, 0.717) is 17.1 Å². The number of ether oxygens (including phenoxy) is 2. The van der Waals surface area contributed by atoms with Gasteiger partial charge in [-0.2, -0.15) is 0 Å². The maximum atomic E-state index is 13.7. The van der Waals surface area contributed by atoms with Gasteiger partial charge in [-0.3, -0.25) is 19.3 Å². The Labute approximate surface area is 210 Å². The van der Waals surface area contributed by atoms with Gasteiger partial charge in [0.15, 0.2) is 0 Å². The Morgan fingerprint density at radius 3 is 2.64 bits per heavy atom. The predicted octanol–water partition coefficient (Wildman–Crippen LogP) is 2.88. The summed E-state index contributed by atoms with van der Waals surface area (Å²) in [7, 11) is 4.72. The fraction of sp³-hybridized carbons (Fsp3) is 0.407. The average Bonchev–Trinajstić information content (AvgIpc) is 3.34. The first-order valence-electron chi connectivity index (χ1n) is 11.9. The summed E-state index contributed by atoms with van der Waals surface area (Å²) in [6.45, 7) is 4.69. The third kappa shape index (κ3) is 4.70. The highest BCUT2D eigenvalue weighted by molar-refractivity contribution is 6.10. The van der Waals surface area contributed by atoms with E-state index in [4.69, 9.17) is 9.47 Å². The quantitative estimate of drug-likeness (QED) is 0.461. The van der Waals surface area contributed by atoms with Crippen LogP contribution < -0.4 is 4.74 Å². The Balaban J connectivity index is 1.61. The number of imidazole rings is 1. The monoisotopic (exact) mass is 492 g/mol. The molecule has 0 radical (unpaired) electrons. The van der Waals surface area contributed by atoms with E-state index < -0.39 is 11.3 Å². The van der Waals surface area contributed by atoms with Crippen molar-refractivity contribution in [1.82, 2.24) is 19.8 Å². The fourth-order valence-electron chi connectivity index (χ4n) is 4.70. The summed E-state index contributed by atoms with van der Waals surface area (Å²) in [5, 5.41) is 0. The standard InChI is InChI=1S/C27H32N4O5/c1-17-11-21-22(12-18(17)2)29-23(28-21)16-30(3)24(32)14-27(19-7-6-8-20(13-19)36-5)15-25(33)31(26(27)34)9-10-35-4/h6-8,11-13H,9-10,14-16H2,1-5H3,(H,28,29)/t27-/m1/s1. The molecule has 1 aliphatic heterocycles. The lowest BCUT2D eigenvalue weighted by atomic mass is 9.75. The Bertz CT molecular complexity index is 1280. The van der Waals surface area contributed by atoms with Crippen LogP contribution >= 0.6 is 0 Å². The van der Waals surface area contributed by atoms with E-state index in [1.807, 2.05) is 26.0 Å². The largest absolute Gasteiger partial charge is 0.497 e. The number of imide groups is 1.